The highest BCUT2D eigenvalue weighted by atomic mass is 35.5. The molecule has 0 saturated heterocycles. The van der Waals surface area contributed by atoms with Crippen LogP contribution in [0.25, 0.3) is 0 Å². The smallest absolute Gasteiger partial charge is 0.231 e. The Kier molecular flexibility index (Phi) is 3.80. The maximum Gasteiger partial charge on any atom is 0.231 e. The minimum absolute atomic E-state index is 0.232. The zero-order valence-corrected chi connectivity index (χ0v) is 12.7. The molecule has 1 aliphatic heterocycles. The molecule has 0 aromatic heterocycles. The predicted octanol–water partition coefficient (Wildman–Crippen LogP) is 4.00. The zero-order valence-electron chi connectivity index (χ0n) is 11.9. The third-order valence-corrected chi connectivity index (χ3v) is 3.79. The molecule has 0 saturated carbocycles. The Labute approximate surface area is 128 Å². The van der Waals surface area contributed by atoms with E-state index in [1.165, 1.54) is 0 Å². The summed E-state index contributed by atoms with van der Waals surface area (Å²) < 4.78 is 16.1. The van der Waals surface area contributed by atoms with Gasteiger partial charge in [-0.2, -0.15) is 0 Å². The SMILES string of the molecule is COc1cc(CNc2ccc(C)c(Cl)c2)cc2c1OCO2. The lowest BCUT2D eigenvalue weighted by Gasteiger charge is -2.11. The number of ether oxygens (including phenoxy) is 3. The number of fused-ring (bicyclic) bond motifs is 1. The molecule has 0 amide bonds. The highest BCUT2D eigenvalue weighted by molar-refractivity contribution is 6.31. The van der Waals surface area contributed by atoms with E-state index in [4.69, 9.17) is 25.8 Å². The first-order valence-corrected chi connectivity index (χ1v) is 7.01. The average molecular weight is 306 g/mol. The van der Waals surface area contributed by atoms with Gasteiger partial charge in [0, 0.05) is 17.3 Å². The fourth-order valence-corrected chi connectivity index (χ4v) is 2.37. The van der Waals surface area contributed by atoms with Gasteiger partial charge in [0.2, 0.25) is 12.5 Å². The number of hydrogen-bond donors (Lipinski definition) is 1. The molecule has 1 N–H and O–H groups in total. The molecular weight excluding hydrogens is 290 g/mol. The van der Waals surface area contributed by atoms with E-state index in [0.29, 0.717) is 23.8 Å². The fourth-order valence-electron chi connectivity index (χ4n) is 2.19. The van der Waals surface area contributed by atoms with Crippen molar-refractivity contribution in [3.8, 4) is 17.2 Å². The van der Waals surface area contributed by atoms with Crippen molar-refractivity contribution in [1.29, 1.82) is 0 Å². The van der Waals surface area contributed by atoms with Crippen molar-refractivity contribution in [2.75, 3.05) is 19.2 Å². The maximum absolute atomic E-state index is 6.12. The molecule has 21 heavy (non-hydrogen) atoms. The summed E-state index contributed by atoms with van der Waals surface area (Å²) in [6.45, 7) is 2.86. The van der Waals surface area contributed by atoms with Crippen LogP contribution in [0.1, 0.15) is 11.1 Å². The molecule has 2 aromatic carbocycles. The normalized spacial score (nSPS) is 12.3. The van der Waals surface area contributed by atoms with Gasteiger partial charge in [-0.25, -0.2) is 0 Å². The first kappa shape index (κ1) is 13.9. The molecule has 0 aliphatic carbocycles. The number of hydrogen-bond acceptors (Lipinski definition) is 4. The Morgan fingerprint density at radius 3 is 2.86 bits per heavy atom. The number of nitrogens with one attached hydrogen (secondary N) is 1. The van der Waals surface area contributed by atoms with Crippen LogP contribution in [0.15, 0.2) is 30.3 Å². The van der Waals surface area contributed by atoms with E-state index in [-0.39, 0.29) is 6.79 Å². The molecule has 110 valence electrons. The van der Waals surface area contributed by atoms with E-state index >= 15 is 0 Å². The van der Waals surface area contributed by atoms with Crippen LogP contribution in [0.3, 0.4) is 0 Å². The molecule has 4 nitrogen and oxygen atoms in total. The quantitative estimate of drug-likeness (QED) is 0.927. The molecule has 1 aliphatic rings. The van der Waals surface area contributed by atoms with Gasteiger partial charge in [0.15, 0.2) is 11.5 Å². The fraction of sp³-hybridized carbons (Fsp3) is 0.250. The van der Waals surface area contributed by atoms with Crippen LogP contribution in [-0.2, 0) is 6.54 Å². The van der Waals surface area contributed by atoms with Crippen molar-refractivity contribution in [2.45, 2.75) is 13.5 Å². The molecule has 0 fully saturated rings. The third-order valence-electron chi connectivity index (χ3n) is 3.39. The summed E-state index contributed by atoms with van der Waals surface area (Å²) in [4.78, 5) is 0. The minimum Gasteiger partial charge on any atom is -0.493 e. The summed E-state index contributed by atoms with van der Waals surface area (Å²) in [5.74, 6) is 2.07. The van der Waals surface area contributed by atoms with Gasteiger partial charge in [0.05, 0.1) is 7.11 Å². The molecule has 0 bridgehead atoms. The number of methoxy groups -OCH3 is 1. The van der Waals surface area contributed by atoms with Crippen LogP contribution in [0, 0.1) is 6.92 Å². The Hall–Kier alpha value is -2.07. The second kappa shape index (κ2) is 5.74. The van der Waals surface area contributed by atoms with E-state index in [2.05, 4.69) is 5.32 Å². The van der Waals surface area contributed by atoms with Gasteiger partial charge in [-0.1, -0.05) is 17.7 Å². The largest absolute Gasteiger partial charge is 0.493 e. The van der Waals surface area contributed by atoms with Gasteiger partial charge >= 0.3 is 0 Å². The Morgan fingerprint density at radius 1 is 1.24 bits per heavy atom. The third kappa shape index (κ3) is 2.85. The Bertz CT molecular complexity index is 673. The first-order valence-electron chi connectivity index (χ1n) is 6.64. The Balaban J connectivity index is 1.77. The number of benzene rings is 2. The average Bonchev–Trinajstić information content (AvgIpc) is 2.96. The lowest BCUT2D eigenvalue weighted by atomic mass is 10.1. The van der Waals surface area contributed by atoms with E-state index < -0.39 is 0 Å². The predicted molar refractivity (Wildman–Crippen MR) is 82.6 cm³/mol. The van der Waals surface area contributed by atoms with E-state index in [1.807, 2.05) is 37.3 Å². The van der Waals surface area contributed by atoms with Crippen molar-refractivity contribution in [2.24, 2.45) is 0 Å². The number of halogens is 1. The Morgan fingerprint density at radius 2 is 2.10 bits per heavy atom. The number of aryl methyl sites for hydroxylation is 1. The van der Waals surface area contributed by atoms with Gasteiger partial charge < -0.3 is 19.5 Å². The summed E-state index contributed by atoms with van der Waals surface area (Å²) in [6, 6.07) is 9.81. The van der Waals surface area contributed by atoms with Crippen molar-refractivity contribution in [1.82, 2.24) is 0 Å². The lowest BCUT2D eigenvalue weighted by molar-refractivity contribution is 0.171. The van der Waals surface area contributed by atoms with Gasteiger partial charge in [-0.3, -0.25) is 0 Å². The van der Waals surface area contributed by atoms with Crippen LogP contribution in [0.5, 0.6) is 17.2 Å². The van der Waals surface area contributed by atoms with Crippen molar-refractivity contribution in [3.63, 3.8) is 0 Å². The number of anilines is 1. The van der Waals surface area contributed by atoms with Crippen LogP contribution in [0.4, 0.5) is 5.69 Å². The highest BCUT2D eigenvalue weighted by Crippen LogP contribution is 2.41. The summed E-state index contributed by atoms with van der Waals surface area (Å²) in [5.41, 5.74) is 3.09. The summed E-state index contributed by atoms with van der Waals surface area (Å²) >= 11 is 6.12. The molecule has 0 unspecified atom stereocenters. The van der Waals surface area contributed by atoms with Gasteiger partial charge in [-0.05, 0) is 42.3 Å². The van der Waals surface area contributed by atoms with Crippen LogP contribution < -0.4 is 19.5 Å². The molecule has 3 rings (SSSR count). The molecule has 5 heteroatoms. The molecule has 0 spiro atoms. The molecule has 2 aromatic rings. The van der Waals surface area contributed by atoms with Crippen LogP contribution >= 0.6 is 11.6 Å². The van der Waals surface area contributed by atoms with E-state index in [0.717, 1.165) is 21.8 Å². The van der Waals surface area contributed by atoms with Crippen LogP contribution in [-0.4, -0.2) is 13.9 Å². The van der Waals surface area contributed by atoms with Crippen molar-refractivity contribution >= 4 is 17.3 Å². The first-order chi connectivity index (χ1) is 10.2. The topological polar surface area (TPSA) is 39.7 Å². The molecule has 1 heterocycles. The van der Waals surface area contributed by atoms with Crippen molar-refractivity contribution in [3.05, 3.63) is 46.5 Å². The van der Waals surface area contributed by atoms with Gasteiger partial charge in [-0.15, -0.1) is 0 Å². The van der Waals surface area contributed by atoms with Crippen LogP contribution in [0.2, 0.25) is 5.02 Å². The van der Waals surface area contributed by atoms with E-state index in [9.17, 15) is 0 Å². The summed E-state index contributed by atoms with van der Waals surface area (Å²) in [5, 5.41) is 4.09. The lowest BCUT2D eigenvalue weighted by Crippen LogP contribution is -2.00. The standard InChI is InChI=1S/C16H16ClNO3/c1-10-3-4-12(7-13(10)17)18-8-11-5-14(19-2)16-15(6-11)20-9-21-16/h3-7,18H,8-9H2,1-2H3. The second-order valence-corrected chi connectivity index (χ2v) is 5.26. The molecule has 0 atom stereocenters. The monoisotopic (exact) mass is 305 g/mol. The minimum atomic E-state index is 0.232. The maximum atomic E-state index is 6.12. The summed E-state index contributed by atoms with van der Waals surface area (Å²) in [6.07, 6.45) is 0. The number of rotatable bonds is 4. The van der Waals surface area contributed by atoms with Gasteiger partial charge in [0.25, 0.3) is 0 Å². The summed E-state index contributed by atoms with van der Waals surface area (Å²) in [7, 11) is 1.62. The molecule has 0 radical (unpaired) electrons. The van der Waals surface area contributed by atoms with Crippen molar-refractivity contribution < 1.29 is 14.2 Å². The van der Waals surface area contributed by atoms with E-state index in [1.54, 1.807) is 7.11 Å². The zero-order chi connectivity index (χ0) is 14.8. The molecular formula is C16H16ClNO3. The van der Waals surface area contributed by atoms with Gasteiger partial charge in [0.1, 0.15) is 0 Å². The highest BCUT2D eigenvalue weighted by Gasteiger charge is 2.19. The second-order valence-electron chi connectivity index (χ2n) is 4.85.